The average molecular weight is 312 g/mol. The number of primary amides is 1. The molecule has 0 bridgehead atoms. The van der Waals surface area contributed by atoms with Gasteiger partial charge in [-0.3, -0.25) is 4.79 Å². The van der Waals surface area contributed by atoms with Crippen LogP contribution in [0.3, 0.4) is 0 Å². The van der Waals surface area contributed by atoms with E-state index < -0.39 is 5.91 Å². The summed E-state index contributed by atoms with van der Waals surface area (Å²) in [4.78, 5) is 11.3. The van der Waals surface area contributed by atoms with Gasteiger partial charge in [0.05, 0.1) is 19.9 Å². The summed E-state index contributed by atoms with van der Waals surface area (Å²) in [6.45, 7) is 0. The van der Waals surface area contributed by atoms with Crippen molar-refractivity contribution >= 4 is 22.6 Å². The van der Waals surface area contributed by atoms with Crippen LogP contribution in [0.4, 0.5) is 5.69 Å². The fourth-order valence-corrected chi connectivity index (χ4v) is 2.50. The maximum absolute atomic E-state index is 11.3. The Balaban J connectivity index is 2.13. The summed E-state index contributed by atoms with van der Waals surface area (Å²) in [7, 11) is 3.17. The van der Waals surface area contributed by atoms with Gasteiger partial charge in [0, 0.05) is 5.39 Å². The van der Waals surface area contributed by atoms with E-state index in [-0.39, 0.29) is 11.4 Å². The molecule has 0 aliphatic carbocycles. The third kappa shape index (κ3) is 2.44. The molecule has 4 N–H and O–H groups in total. The SMILES string of the molecule is COc1ccc(-c2ccc3oc(C(N)=O)c(N)c3c2)cc1OC. The maximum atomic E-state index is 11.3. The van der Waals surface area contributed by atoms with Crippen LogP contribution in [0, 0.1) is 0 Å². The summed E-state index contributed by atoms with van der Waals surface area (Å²) in [5, 5.41) is 0.645. The van der Waals surface area contributed by atoms with Gasteiger partial charge in [-0.2, -0.15) is 0 Å². The molecule has 6 nitrogen and oxygen atoms in total. The first-order valence-electron chi connectivity index (χ1n) is 6.89. The van der Waals surface area contributed by atoms with Crippen molar-refractivity contribution < 1.29 is 18.7 Å². The summed E-state index contributed by atoms with van der Waals surface area (Å²) in [5.74, 6) is 0.565. The molecule has 6 heteroatoms. The number of nitrogen functional groups attached to an aromatic ring is 1. The second-order valence-corrected chi connectivity index (χ2v) is 4.99. The lowest BCUT2D eigenvalue weighted by Crippen LogP contribution is -2.11. The van der Waals surface area contributed by atoms with Gasteiger partial charge in [-0.1, -0.05) is 12.1 Å². The van der Waals surface area contributed by atoms with Gasteiger partial charge in [0.2, 0.25) is 5.76 Å². The van der Waals surface area contributed by atoms with Gasteiger partial charge in [-0.15, -0.1) is 0 Å². The predicted molar refractivity (Wildman–Crippen MR) is 87.7 cm³/mol. The molecule has 0 atom stereocenters. The number of rotatable bonds is 4. The molecule has 0 radical (unpaired) electrons. The molecule has 0 aliphatic heterocycles. The maximum Gasteiger partial charge on any atom is 0.286 e. The molecule has 0 saturated carbocycles. The minimum Gasteiger partial charge on any atom is -0.493 e. The Labute approximate surface area is 132 Å². The number of ether oxygens (including phenoxy) is 2. The van der Waals surface area contributed by atoms with Crippen molar-refractivity contribution in [2.24, 2.45) is 5.73 Å². The van der Waals surface area contributed by atoms with Crippen LogP contribution in [0.5, 0.6) is 11.5 Å². The number of nitrogens with two attached hydrogens (primary N) is 2. The average Bonchev–Trinajstić information content (AvgIpc) is 2.91. The highest BCUT2D eigenvalue weighted by Gasteiger charge is 2.16. The lowest BCUT2D eigenvalue weighted by molar-refractivity contribution is 0.0977. The molecule has 0 unspecified atom stereocenters. The van der Waals surface area contributed by atoms with Crippen LogP contribution < -0.4 is 20.9 Å². The van der Waals surface area contributed by atoms with Gasteiger partial charge >= 0.3 is 0 Å². The Morgan fingerprint density at radius 3 is 2.30 bits per heavy atom. The number of hydrogen-bond acceptors (Lipinski definition) is 5. The number of methoxy groups -OCH3 is 2. The lowest BCUT2D eigenvalue weighted by Gasteiger charge is -2.09. The topological polar surface area (TPSA) is 101 Å². The summed E-state index contributed by atoms with van der Waals surface area (Å²) in [5.41, 5.74) is 13.8. The zero-order valence-electron chi connectivity index (χ0n) is 12.8. The fourth-order valence-electron chi connectivity index (χ4n) is 2.50. The predicted octanol–water partition coefficient (Wildman–Crippen LogP) is 2.80. The van der Waals surface area contributed by atoms with Crippen LogP contribution in [-0.4, -0.2) is 20.1 Å². The molecule has 0 aliphatic rings. The van der Waals surface area contributed by atoms with Gasteiger partial charge in [0.1, 0.15) is 5.58 Å². The molecule has 0 spiro atoms. The number of amides is 1. The van der Waals surface area contributed by atoms with Crippen molar-refractivity contribution in [3.63, 3.8) is 0 Å². The van der Waals surface area contributed by atoms with Crippen LogP contribution in [-0.2, 0) is 0 Å². The first kappa shape index (κ1) is 14.8. The van der Waals surface area contributed by atoms with E-state index in [2.05, 4.69) is 0 Å². The summed E-state index contributed by atoms with van der Waals surface area (Å²) in [6.07, 6.45) is 0. The lowest BCUT2D eigenvalue weighted by atomic mass is 10.0. The monoisotopic (exact) mass is 312 g/mol. The largest absolute Gasteiger partial charge is 0.493 e. The Kier molecular flexibility index (Phi) is 3.57. The molecule has 0 saturated heterocycles. The van der Waals surface area contributed by atoms with Crippen LogP contribution >= 0.6 is 0 Å². The Bertz CT molecular complexity index is 899. The van der Waals surface area contributed by atoms with Crippen molar-refractivity contribution in [3.8, 4) is 22.6 Å². The zero-order valence-corrected chi connectivity index (χ0v) is 12.8. The molecule has 2 aromatic carbocycles. The smallest absolute Gasteiger partial charge is 0.286 e. The van der Waals surface area contributed by atoms with Gasteiger partial charge in [0.25, 0.3) is 5.91 Å². The Morgan fingerprint density at radius 2 is 1.65 bits per heavy atom. The number of carbonyl (C=O) groups is 1. The highest BCUT2D eigenvalue weighted by atomic mass is 16.5. The van der Waals surface area contributed by atoms with E-state index in [4.69, 9.17) is 25.4 Å². The number of furan rings is 1. The molecule has 0 fully saturated rings. The van der Waals surface area contributed by atoms with E-state index in [0.29, 0.717) is 22.5 Å². The normalized spacial score (nSPS) is 10.7. The van der Waals surface area contributed by atoms with E-state index in [1.165, 1.54) is 0 Å². The van der Waals surface area contributed by atoms with Gasteiger partial charge in [-0.25, -0.2) is 0 Å². The molecular weight excluding hydrogens is 296 g/mol. The molecule has 1 heterocycles. The summed E-state index contributed by atoms with van der Waals surface area (Å²) in [6, 6.07) is 11.1. The molecule has 3 aromatic rings. The van der Waals surface area contributed by atoms with Crippen LogP contribution in [0.1, 0.15) is 10.6 Å². The molecule has 1 aromatic heterocycles. The third-order valence-electron chi connectivity index (χ3n) is 3.67. The van der Waals surface area contributed by atoms with Crippen molar-refractivity contribution in [2.45, 2.75) is 0 Å². The highest BCUT2D eigenvalue weighted by molar-refractivity contribution is 6.05. The molecule has 3 rings (SSSR count). The van der Waals surface area contributed by atoms with E-state index in [1.54, 1.807) is 20.3 Å². The van der Waals surface area contributed by atoms with Crippen LogP contribution in [0.25, 0.3) is 22.1 Å². The zero-order chi connectivity index (χ0) is 16.6. The van der Waals surface area contributed by atoms with E-state index >= 15 is 0 Å². The molecule has 1 amide bonds. The van der Waals surface area contributed by atoms with E-state index in [9.17, 15) is 4.79 Å². The van der Waals surface area contributed by atoms with Crippen LogP contribution in [0.2, 0.25) is 0 Å². The molecular formula is C17H16N2O4. The number of anilines is 1. The minimum absolute atomic E-state index is 0.0236. The number of benzene rings is 2. The highest BCUT2D eigenvalue weighted by Crippen LogP contribution is 2.35. The van der Waals surface area contributed by atoms with Gasteiger partial charge < -0.3 is 25.4 Å². The molecule has 23 heavy (non-hydrogen) atoms. The summed E-state index contributed by atoms with van der Waals surface area (Å²) >= 11 is 0. The van der Waals surface area contributed by atoms with Crippen molar-refractivity contribution in [3.05, 3.63) is 42.2 Å². The van der Waals surface area contributed by atoms with Crippen LogP contribution in [0.15, 0.2) is 40.8 Å². The van der Waals surface area contributed by atoms with Crippen molar-refractivity contribution in [1.29, 1.82) is 0 Å². The first-order valence-corrected chi connectivity index (χ1v) is 6.89. The number of carbonyl (C=O) groups excluding carboxylic acids is 1. The van der Waals surface area contributed by atoms with Gasteiger partial charge in [0.15, 0.2) is 11.5 Å². The van der Waals surface area contributed by atoms with Crippen molar-refractivity contribution in [2.75, 3.05) is 20.0 Å². The second kappa shape index (κ2) is 5.57. The first-order chi connectivity index (χ1) is 11.0. The number of hydrogen-bond donors (Lipinski definition) is 2. The van der Waals surface area contributed by atoms with E-state index in [0.717, 1.165) is 11.1 Å². The van der Waals surface area contributed by atoms with E-state index in [1.807, 2.05) is 30.3 Å². The fraction of sp³-hybridized carbons (Fsp3) is 0.118. The Hall–Kier alpha value is -3.15. The second-order valence-electron chi connectivity index (χ2n) is 4.99. The third-order valence-corrected chi connectivity index (χ3v) is 3.67. The molecule has 118 valence electrons. The minimum atomic E-state index is -0.689. The Morgan fingerprint density at radius 1 is 1.00 bits per heavy atom. The summed E-state index contributed by atoms with van der Waals surface area (Å²) < 4.78 is 15.9. The van der Waals surface area contributed by atoms with Gasteiger partial charge in [-0.05, 0) is 35.4 Å². The number of fused-ring (bicyclic) bond motifs is 1. The standard InChI is InChI=1S/C17H16N2O4/c1-21-13-6-4-10(8-14(13)22-2)9-3-5-12-11(7-9)15(18)16(23-12)17(19)20/h3-8H,18H2,1-2H3,(H2,19,20). The van der Waals surface area contributed by atoms with Crippen molar-refractivity contribution in [1.82, 2.24) is 0 Å². The quantitative estimate of drug-likeness (QED) is 0.771.